The van der Waals surface area contributed by atoms with Gasteiger partial charge in [-0.25, -0.2) is 0 Å². The zero-order valence-electron chi connectivity index (χ0n) is 15.2. The van der Waals surface area contributed by atoms with Gasteiger partial charge in [-0.1, -0.05) is 38.5 Å². The van der Waals surface area contributed by atoms with E-state index in [0.29, 0.717) is 31.5 Å². The van der Waals surface area contributed by atoms with E-state index in [1.54, 1.807) is 0 Å². The SMILES string of the molecule is CC(C)CCCC(=O)N[C@@H]1COC[C@H]1Cc1ccnc2ccccc12. The van der Waals surface area contributed by atoms with Crippen LogP contribution < -0.4 is 5.32 Å². The number of fused-ring (bicyclic) bond motifs is 1. The average molecular weight is 340 g/mol. The third kappa shape index (κ3) is 4.79. The van der Waals surface area contributed by atoms with Gasteiger partial charge in [-0.15, -0.1) is 0 Å². The number of carbonyl (C=O) groups excluding carboxylic acids is 1. The van der Waals surface area contributed by atoms with E-state index >= 15 is 0 Å². The van der Waals surface area contributed by atoms with Crippen molar-refractivity contribution in [2.75, 3.05) is 13.2 Å². The van der Waals surface area contributed by atoms with Crippen molar-refractivity contribution in [1.29, 1.82) is 0 Å². The van der Waals surface area contributed by atoms with Crippen LogP contribution in [0.2, 0.25) is 0 Å². The van der Waals surface area contributed by atoms with Crippen molar-refractivity contribution in [2.45, 2.75) is 45.6 Å². The van der Waals surface area contributed by atoms with Gasteiger partial charge in [0.25, 0.3) is 0 Å². The fourth-order valence-corrected chi connectivity index (χ4v) is 3.52. The Morgan fingerprint density at radius 2 is 2.12 bits per heavy atom. The number of aromatic nitrogens is 1. The molecule has 3 rings (SSSR count). The molecule has 1 amide bonds. The molecule has 2 heterocycles. The maximum Gasteiger partial charge on any atom is 0.220 e. The number of carbonyl (C=O) groups is 1. The van der Waals surface area contributed by atoms with Crippen molar-refractivity contribution in [3.63, 3.8) is 0 Å². The number of hydrogen-bond donors (Lipinski definition) is 1. The number of ether oxygens (including phenoxy) is 1. The second kappa shape index (κ2) is 8.43. The number of nitrogens with one attached hydrogen (secondary N) is 1. The van der Waals surface area contributed by atoms with E-state index in [9.17, 15) is 4.79 Å². The van der Waals surface area contributed by atoms with Crippen LogP contribution in [-0.4, -0.2) is 30.1 Å². The number of para-hydroxylation sites is 1. The summed E-state index contributed by atoms with van der Waals surface area (Å²) < 4.78 is 5.67. The monoisotopic (exact) mass is 340 g/mol. The number of rotatable bonds is 7. The molecule has 0 bridgehead atoms. The molecular formula is C21H28N2O2. The highest BCUT2D eigenvalue weighted by molar-refractivity contribution is 5.81. The molecule has 1 aromatic heterocycles. The molecule has 1 fully saturated rings. The second-order valence-corrected chi connectivity index (χ2v) is 7.45. The lowest BCUT2D eigenvalue weighted by Crippen LogP contribution is -2.40. The van der Waals surface area contributed by atoms with E-state index in [1.807, 2.05) is 24.4 Å². The zero-order valence-corrected chi connectivity index (χ0v) is 15.2. The molecule has 2 atom stereocenters. The third-order valence-corrected chi connectivity index (χ3v) is 4.95. The molecule has 134 valence electrons. The zero-order chi connectivity index (χ0) is 17.6. The minimum Gasteiger partial charge on any atom is -0.379 e. The van der Waals surface area contributed by atoms with Crippen LogP contribution in [0.3, 0.4) is 0 Å². The first-order valence-corrected chi connectivity index (χ1v) is 9.33. The van der Waals surface area contributed by atoms with Gasteiger partial charge >= 0.3 is 0 Å². The Morgan fingerprint density at radius 1 is 1.28 bits per heavy atom. The summed E-state index contributed by atoms with van der Waals surface area (Å²) >= 11 is 0. The maximum absolute atomic E-state index is 12.2. The maximum atomic E-state index is 12.2. The van der Waals surface area contributed by atoms with Crippen LogP contribution in [0.25, 0.3) is 10.9 Å². The lowest BCUT2D eigenvalue weighted by Gasteiger charge is -2.20. The largest absolute Gasteiger partial charge is 0.379 e. The highest BCUT2D eigenvalue weighted by Gasteiger charge is 2.29. The molecule has 0 radical (unpaired) electrons. The summed E-state index contributed by atoms with van der Waals surface area (Å²) in [5.74, 6) is 1.12. The fraction of sp³-hybridized carbons (Fsp3) is 0.524. The molecule has 0 aliphatic carbocycles. The Kier molecular flexibility index (Phi) is 6.03. The smallest absolute Gasteiger partial charge is 0.220 e. The summed E-state index contributed by atoms with van der Waals surface area (Å²) in [6.45, 7) is 5.70. The minimum absolute atomic E-state index is 0.110. The number of hydrogen-bond acceptors (Lipinski definition) is 3. The topological polar surface area (TPSA) is 51.2 Å². The molecular weight excluding hydrogens is 312 g/mol. The molecule has 0 spiro atoms. The van der Waals surface area contributed by atoms with Gasteiger partial charge in [-0.05, 0) is 36.5 Å². The minimum atomic E-state index is 0.110. The van der Waals surface area contributed by atoms with Crippen molar-refractivity contribution in [1.82, 2.24) is 10.3 Å². The molecule has 0 saturated carbocycles. The molecule has 1 aliphatic heterocycles. The van der Waals surface area contributed by atoms with E-state index in [2.05, 4.69) is 36.3 Å². The van der Waals surface area contributed by atoms with Crippen molar-refractivity contribution in [3.05, 3.63) is 42.1 Å². The number of amides is 1. The summed E-state index contributed by atoms with van der Waals surface area (Å²) in [6.07, 6.45) is 5.43. The van der Waals surface area contributed by atoms with Crippen molar-refractivity contribution in [3.8, 4) is 0 Å². The summed E-state index contributed by atoms with van der Waals surface area (Å²) in [6, 6.07) is 10.4. The predicted octanol–water partition coefficient (Wildman–Crippen LogP) is 3.73. The Morgan fingerprint density at radius 3 is 2.96 bits per heavy atom. The van der Waals surface area contributed by atoms with Crippen LogP contribution in [0.5, 0.6) is 0 Å². The van der Waals surface area contributed by atoms with Gasteiger partial charge in [-0.2, -0.15) is 0 Å². The lowest BCUT2D eigenvalue weighted by atomic mass is 9.93. The summed E-state index contributed by atoms with van der Waals surface area (Å²) in [5.41, 5.74) is 2.30. The quantitative estimate of drug-likeness (QED) is 0.835. The molecule has 1 aliphatic rings. The number of benzene rings is 1. The van der Waals surface area contributed by atoms with Crippen LogP contribution in [-0.2, 0) is 16.0 Å². The highest BCUT2D eigenvalue weighted by Crippen LogP contribution is 2.24. The summed E-state index contributed by atoms with van der Waals surface area (Å²) in [7, 11) is 0. The van der Waals surface area contributed by atoms with Gasteiger partial charge in [0.05, 0.1) is 24.8 Å². The van der Waals surface area contributed by atoms with Gasteiger partial charge < -0.3 is 10.1 Å². The van der Waals surface area contributed by atoms with E-state index in [0.717, 1.165) is 24.8 Å². The number of nitrogens with zero attached hydrogens (tertiary/aromatic N) is 1. The van der Waals surface area contributed by atoms with Crippen LogP contribution in [0.4, 0.5) is 0 Å². The first-order valence-electron chi connectivity index (χ1n) is 9.33. The van der Waals surface area contributed by atoms with E-state index in [-0.39, 0.29) is 11.9 Å². The molecule has 25 heavy (non-hydrogen) atoms. The van der Waals surface area contributed by atoms with E-state index < -0.39 is 0 Å². The third-order valence-electron chi connectivity index (χ3n) is 4.95. The van der Waals surface area contributed by atoms with Crippen molar-refractivity contribution < 1.29 is 9.53 Å². The Balaban J connectivity index is 1.61. The van der Waals surface area contributed by atoms with Gasteiger partial charge in [-0.3, -0.25) is 9.78 Å². The van der Waals surface area contributed by atoms with E-state index in [4.69, 9.17) is 4.74 Å². The van der Waals surface area contributed by atoms with Crippen LogP contribution in [0, 0.1) is 11.8 Å². The van der Waals surface area contributed by atoms with E-state index in [1.165, 1.54) is 10.9 Å². The van der Waals surface area contributed by atoms with Gasteiger partial charge in [0.15, 0.2) is 0 Å². The molecule has 4 nitrogen and oxygen atoms in total. The fourth-order valence-electron chi connectivity index (χ4n) is 3.52. The first kappa shape index (κ1) is 17.9. The average Bonchev–Trinajstić information content (AvgIpc) is 3.01. The van der Waals surface area contributed by atoms with Gasteiger partial charge in [0.2, 0.25) is 5.91 Å². The van der Waals surface area contributed by atoms with Crippen molar-refractivity contribution in [2.24, 2.45) is 11.8 Å². The van der Waals surface area contributed by atoms with Gasteiger partial charge in [0.1, 0.15) is 0 Å². The van der Waals surface area contributed by atoms with Crippen LogP contribution >= 0.6 is 0 Å². The molecule has 1 saturated heterocycles. The second-order valence-electron chi connectivity index (χ2n) is 7.45. The normalized spacial score (nSPS) is 20.3. The van der Waals surface area contributed by atoms with Gasteiger partial charge in [0, 0.05) is 23.9 Å². The molecule has 1 aromatic carbocycles. The number of pyridine rings is 1. The summed E-state index contributed by atoms with van der Waals surface area (Å²) in [4.78, 5) is 16.6. The Labute approximate surface area is 150 Å². The molecule has 2 aromatic rings. The predicted molar refractivity (Wildman–Crippen MR) is 100 cm³/mol. The Hall–Kier alpha value is -1.94. The van der Waals surface area contributed by atoms with Crippen LogP contribution in [0.1, 0.15) is 38.7 Å². The lowest BCUT2D eigenvalue weighted by molar-refractivity contribution is -0.122. The molecule has 4 heteroatoms. The summed E-state index contributed by atoms with van der Waals surface area (Å²) in [5, 5.41) is 4.38. The highest BCUT2D eigenvalue weighted by atomic mass is 16.5. The molecule has 1 N–H and O–H groups in total. The molecule has 0 unspecified atom stereocenters. The standard InChI is InChI=1S/C21H28N2O2/c1-15(2)6-5-9-21(24)23-20-14-25-13-17(20)12-16-10-11-22-19-8-4-3-7-18(16)19/h3-4,7-8,10-11,15,17,20H,5-6,9,12-14H2,1-2H3,(H,23,24)/t17-,20-/m1/s1. The first-order chi connectivity index (χ1) is 12.1. The van der Waals surface area contributed by atoms with Crippen LogP contribution in [0.15, 0.2) is 36.5 Å². The Bertz CT molecular complexity index is 709. The van der Waals surface area contributed by atoms with Crippen molar-refractivity contribution >= 4 is 16.8 Å².